The topological polar surface area (TPSA) is 88.2 Å². The van der Waals surface area contributed by atoms with E-state index in [0.717, 1.165) is 11.3 Å². The molecule has 0 fully saturated rings. The monoisotopic (exact) mass is 261 g/mol. The summed E-state index contributed by atoms with van der Waals surface area (Å²) < 4.78 is 5.00. The smallest absolute Gasteiger partial charge is 0.335 e. The highest BCUT2D eigenvalue weighted by molar-refractivity contribution is 5.88. The molecule has 2 N–H and O–H groups in total. The Hall–Kier alpha value is -2.37. The predicted octanol–water partition coefficient (Wildman–Crippen LogP) is 2.04. The fourth-order valence-corrected chi connectivity index (χ4v) is 1.74. The van der Waals surface area contributed by atoms with Crippen molar-refractivity contribution in [1.82, 2.24) is 10.1 Å². The number of carboxylic acids is 1. The van der Waals surface area contributed by atoms with Crippen LogP contribution >= 0.6 is 0 Å². The van der Waals surface area contributed by atoms with Gasteiger partial charge in [0.1, 0.15) is 0 Å². The third-order valence-electron chi connectivity index (χ3n) is 2.70. The summed E-state index contributed by atoms with van der Waals surface area (Å²) in [4.78, 5) is 14.9. The van der Waals surface area contributed by atoms with Crippen molar-refractivity contribution in [2.75, 3.05) is 11.9 Å². The molecule has 1 aromatic heterocycles. The Kier molecular flexibility index (Phi) is 3.79. The SMILES string of the molecule is Cc1noc(CCNc2ccc(C(=O)O)cc2C)n1. The molecule has 0 bridgehead atoms. The number of carbonyl (C=O) groups is 1. The Morgan fingerprint density at radius 3 is 2.79 bits per heavy atom. The average Bonchev–Trinajstić information content (AvgIpc) is 2.77. The lowest BCUT2D eigenvalue weighted by Gasteiger charge is -2.08. The zero-order chi connectivity index (χ0) is 13.8. The molecule has 0 saturated heterocycles. The highest BCUT2D eigenvalue weighted by Gasteiger charge is 2.06. The van der Waals surface area contributed by atoms with Gasteiger partial charge in [0.2, 0.25) is 5.89 Å². The largest absolute Gasteiger partial charge is 0.478 e. The van der Waals surface area contributed by atoms with Crippen LogP contribution in [0.5, 0.6) is 0 Å². The first-order chi connectivity index (χ1) is 9.06. The summed E-state index contributed by atoms with van der Waals surface area (Å²) in [5, 5.41) is 15.8. The first-order valence-electron chi connectivity index (χ1n) is 5.93. The molecule has 0 aliphatic rings. The quantitative estimate of drug-likeness (QED) is 0.856. The van der Waals surface area contributed by atoms with Crippen molar-refractivity contribution in [2.45, 2.75) is 20.3 Å². The molecular weight excluding hydrogens is 246 g/mol. The summed E-state index contributed by atoms with van der Waals surface area (Å²) in [5.41, 5.74) is 2.08. The minimum atomic E-state index is -0.920. The second-order valence-electron chi connectivity index (χ2n) is 4.25. The Morgan fingerprint density at radius 2 is 2.21 bits per heavy atom. The molecule has 0 atom stereocenters. The van der Waals surface area contributed by atoms with Gasteiger partial charge < -0.3 is 14.9 Å². The van der Waals surface area contributed by atoms with Crippen molar-refractivity contribution < 1.29 is 14.4 Å². The zero-order valence-electron chi connectivity index (χ0n) is 10.8. The van der Waals surface area contributed by atoms with E-state index < -0.39 is 5.97 Å². The van der Waals surface area contributed by atoms with E-state index in [2.05, 4.69) is 15.5 Å². The summed E-state index contributed by atoms with van der Waals surface area (Å²) in [6.45, 7) is 4.29. The third kappa shape index (κ3) is 3.31. The maximum absolute atomic E-state index is 10.8. The lowest BCUT2D eigenvalue weighted by atomic mass is 10.1. The van der Waals surface area contributed by atoms with E-state index in [1.165, 1.54) is 0 Å². The van der Waals surface area contributed by atoms with E-state index in [1.807, 2.05) is 6.92 Å². The van der Waals surface area contributed by atoms with Crippen LogP contribution in [0.1, 0.15) is 27.6 Å². The molecule has 0 aliphatic carbocycles. The van der Waals surface area contributed by atoms with Gasteiger partial charge in [0, 0.05) is 18.7 Å². The van der Waals surface area contributed by atoms with Crippen LogP contribution in [0.4, 0.5) is 5.69 Å². The van der Waals surface area contributed by atoms with E-state index in [1.54, 1.807) is 25.1 Å². The lowest BCUT2D eigenvalue weighted by molar-refractivity contribution is 0.0697. The predicted molar refractivity (Wildman–Crippen MR) is 69.4 cm³/mol. The van der Waals surface area contributed by atoms with Crippen LogP contribution < -0.4 is 5.32 Å². The number of aromatic nitrogens is 2. The van der Waals surface area contributed by atoms with Gasteiger partial charge in [-0.3, -0.25) is 0 Å². The Labute approximate surface area is 110 Å². The van der Waals surface area contributed by atoms with Crippen LogP contribution in [0.3, 0.4) is 0 Å². The van der Waals surface area contributed by atoms with Gasteiger partial charge in [-0.05, 0) is 37.6 Å². The van der Waals surface area contributed by atoms with E-state index in [-0.39, 0.29) is 5.56 Å². The summed E-state index contributed by atoms with van der Waals surface area (Å²) in [6.07, 6.45) is 0.626. The Balaban J connectivity index is 1.94. The lowest BCUT2D eigenvalue weighted by Crippen LogP contribution is -2.07. The number of aromatic carboxylic acids is 1. The molecule has 0 spiro atoms. The van der Waals surface area contributed by atoms with Crippen molar-refractivity contribution in [3.05, 3.63) is 41.0 Å². The maximum atomic E-state index is 10.8. The van der Waals surface area contributed by atoms with Gasteiger partial charge in [-0.25, -0.2) is 4.79 Å². The normalized spacial score (nSPS) is 10.4. The second-order valence-corrected chi connectivity index (χ2v) is 4.25. The van der Waals surface area contributed by atoms with Crippen molar-refractivity contribution >= 4 is 11.7 Å². The maximum Gasteiger partial charge on any atom is 0.335 e. The minimum Gasteiger partial charge on any atom is -0.478 e. The van der Waals surface area contributed by atoms with Crippen LogP contribution in [-0.4, -0.2) is 27.8 Å². The van der Waals surface area contributed by atoms with Crippen LogP contribution in [0.2, 0.25) is 0 Å². The van der Waals surface area contributed by atoms with Crippen molar-refractivity contribution in [3.8, 4) is 0 Å². The first-order valence-corrected chi connectivity index (χ1v) is 5.93. The number of hydrogen-bond donors (Lipinski definition) is 2. The van der Waals surface area contributed by atoms with Gasteiger partial charge in [-0.15, -0.1) is 0 Å². The molecule has 0 radical (unpaired) electrons. The molecule has 19 heavy (non-hydrogen) atoms. The number of rotatable bonds is 5. The fraction of sp³-hybridized carbons (Fsp3) is 0.308. The molecule has 1 heterocycles. The van der Waals surface area contributed by atoms with Crippen LogP contribution in [0.15, 0.2) is 22.7 Å². The summed E-state index contributed by atoms with van der Waals surface area (Å²) in [5.74, 6) is 0.290. The van der Waals surface area contributed by atoms with Gasteiger partial charge in [0.15, 0.2) is 5.82 Å². The summed E-state index contributed by atoms with van der Waals surface area (Å²) in [6, 6.07) is 4.98. The zero-order valence-corrected chi connectivity index (χ0v) is 10.8. The van der Waals surface area contributed by atoms with Gasteiger partial charge in [-0.2, -0.15) is 4.98 Å². The summed E-state index contributed by atoms with van der Waals surface area (Å²) in [7, 11) is 0. The molecule has 6 nitrogen and oxygen atoms in total. The molecular formula is C13H15N3O3. The first kappa shape index (κ1) is 13.1. The molecule has 2 aromatic rings. The number of hydrogen-bond acceptors (Lipinski definition) is 5. The molecule has 0 saturated carbocycles. The average molecular weight is 261 g/mol. The van der Waals surface area contributed by atoms with Crippen molar-refractivity contribution in [3.63, 3.8) is 0 Å². The number of anilines is 1. The molecule has 1 aromatic carbocycles. The number of nitrogens with zero attached hydrogens (tertiary/aromatic N) is 2. The molecule has 0 aliphatic heterocycles. The number of nitrogens with one attached hydrogen (secondary N) is 1. The standard InChI is InChI=1S/C13H15N3O3/c1-8-7-10(13(17)18)3-4-11(8)14-6-5-12-15-9(2)16-19-12/h3-4,7,14H,5-6H2,1-2H3,(H,17,18). The van der Waals surface area contributed by atoms with E-state index >= 15 is 0 Å². The number of benzene rings is 1. The number of carboxylic acid groups (broad SMARTS) is 1. The van der Waals surface area contributed by atoms with Gasteiger partial charge in [0.05, 0.1) is 5.56 Å². The molecule has 6 heteroatoms. The number of aryl methyl sites for hydroxylation is 2. The molecule has 100 valence electrons. The molecule has 0 amide bonds. The van der Waals surface area contributed by atoms with Crippen molar-refractivity contribution in [2.24, 2.45) is 0 Å². The van der Waals surface area contributed by atoms with Gasteiger partial charge >= 0.3 is 5.97 Å². The van der Waals surface area contributed by atoms with Crippen LogP contribution in [0.25, 0.3) is 0 Å². The summed E-state index contributed by atoms with van der Waals surface area (Å²) >= 11 is 0. The van der Waals surface area contributed by atoms with Gasteiger partial charge in [0.25, 0.3) is 0 Å². The molecule has 2 rings (SSSR count). The van der Waals surface area contributed by atoms with Crippen LogP contribution in [0, 0.1) is 13.8 Å². The van der Waals surface area contributed by atoms with Gasteiger partial charge in [-0.1, -0.05) is 5.16 Å². The molecule has 0 unspecified atom stereocenters. The van der Waals surface area contributed by atoms with E-state index in [4.69, 9.17) is 9.63 Å². The van der Waals surface area contributed by atoms with E-state index in [0.29, 0.717) is 24.7 Å². The van der Waals surface area contributed by atoms with Crippen LogP contribution in [-0.2, 0) is 6.42 Å². The Bertz CT molecular complexity index is 593. The third-order valence-corrected chi connectivity index (χ3v) is 2.70. The second kappa shape index (κ2) is 5.51. The Morgan fingerprint density at radius 1 is 1.42 bits per heavy atom. The highest BCUT2D eigenvalue weighted by atomic mass is 16.5. The highest BCUT2D eigenvalue weighted by Crippen LogP contribution is 2.16. The van der Waals surface area contributed by atoms with Crippen molar-refractivity contribution in [1.29, 1.82) is 0 Å². The fourth-order valence-electron chi connectivity index (χ4n) is 1.74. The van der Waals surface area contributed by atoms with E-state index in [9.17, 15) is 4.79 Å². The minimum absolute atomic E-state index is 0.288.